The van der Waals surface area contributed by atoms with Gasteiger partial charge < -0.3 is 10.3 Å². The second-order valence-corrected chi connectivity index (χ2v) is 9.24. The van der Waals surface area contributed by atoms with Crippen molar-refractivity contribution in [3.05, 3.63) is 57.2 Å². The van der Waals surface area contributed by atoms with Gasteiger partial charge in [0.2, 0.25) is 0 Å². The van der Waals surface area contributed by atoms with Gasteiger partial charge in [-0.05, 0) is 40.2 Å². The summed E-state index contributed by atoms with van der Waals surface area (Å²) in [4.78, 5) is 20.6. The van der Waals surface area contributed by atoms with Gasteiger partial charge in [-0.3, -0.25) is 9.20 Å². The Kier molecular flexibility index (Phi) is 5.08. The summed E-state index contributed by atoms with van der Waals surface area (Å²) in [5.41, 5.74) is 2.54. The zero-order valence-electron chi connectivity index (χ0n) is 16.3. The summed E-state index contributed by atoms with van der Waals surface area (Å²) in [5, 5.41) is 12.1. The Morgan fingerprint density at radius 2 is 2.07 bits per heavy atom. The highest BCUT2D eigenvalue weighted by Crippen LogP contribution is 2.25. The van der Waals surface area contributed by atoms with E-state index >= 15 is 0 Å². The van der Waals surface area contributed by atoms with Gasteiger partial charge in [0, 0.05) is 34.1 Å². The molecule has 1 amide bonds. The molecule has 3 aromatic heterocycles. The number of rotatable bonds is 4. The van der Waals surface area contributed by atoms with E-state index in [1.54, 1.807) is 12.1 Å². The third-order valence-corrected chi connectivity index (χ3v) is 5.20. The molecule has 0 saturated heterocycles. The van der Waals surface area contributed by atoms with Crippen LogP contribution in [0.5, 0.6) is 0 Å². The molecule has 0 aliphatic carbocycles. The van der Waals surface area contributed by atoms with E-state index in [0.717, 1.165) is 27.2 Å². The molecule has 0 aliphatic rings. The molecule has 9 heteroatoms. The summed E-state index contributed by atoms with van der Waals surface area (Å²) in [6.45, 7) is 6.62. The third kappa shape index (κ3) is 4.00. The number of hydrogen-bond acceptors (Lipinski definition) is 4. The van der Waals surface area contributed by atoms with Crippen molar-refractivity contribution >= 4 is 50.1 Å². The van der Waals surface area contributed by atoms with E-state index in [-0.39, 0.29) is 11.3 Å². The molecule has 7 nitrogen and oxygen atoms in total. The van der Waals surface area contributed by atoms with E-state index in [4.69, 9.17) is 11.6 Å². The van der Waals surface area contributed by atoms with Gasteiger partial charge >= 0.3 is 0 Å². The Labute approximate surface area is 181 Å². The highest BCUT2D eigenvalue weighted by molar-refractivity contribution is 9.10. The molecule has 0 fully saturated rings. The fourth-order valence-electron chi connectivity index (χ4n) is 3.18. The van der Waals surface area contributed by atoms with Gasteiger partial charge in [0.15, 0.2) is 5.65 Å². The van der Waals surface area contributed by atoms with Crippen LogP contribution >= 0.6 is 27.5 Å². The van der Waals surface area contributed by atoms with Crippen molar-refractivity contribution in [3.8, 4) is 0 Å². The zero-order chi connectivity index (χ0) is 20.8. The number of imidazole rings is 1. The Balaban J connectivity index is 1.52. The van der Waals surface area contributed by atoms with Crippen LogP contribution in [0.2, 0.25) is 5.02 Å². The predicted molar refractivity (Wildman–Crippen MR) is 117 cm³/mol. The van der Waals surface area contributed by atoms with Crippen LogP contribution in [0.25, 0.3) is 16.7 Å². The van der Waals surface area contributed by atoms with Gasteiger partial charge in [0.1, 0.15) is 11.6 Å². The number of aromatic nitrogens is 5. The van der Waals surface area contributed by atoms with Crippen molar-refractivity contribution in [1.29, 1.82) is 0 Å². The first-order valence-corrected chi connectivity index (χ1v) is 10.4. The van der Waals surface area contributed by atoms with E-state index in [2.05, 4.69) is 62.2 Å². The first-order chi connectivity index (χ1) is 13.7. The molecule has 4 aromatic rings. The average Bonchev–Trinajstić information content (AvgIpc) is 3.23. The van der Waals surface area contributed by atoms with Crippen molar-refractivity contribution in [2.24, 2.45) is 0 Å². The van der Waals surface area contributed by atoms with Crippen LogP contribution in [0, 0.1) is 0 Å². The zero-order valence-corrected chi connectivity index (χ0v) is 18.6. The monoisotopic (exact) mass is 474 g/mol. The summed E-state index contributed by atoms with van der Waals surface area (Å²) < 4.78 is 2.65. The van der Waals surface area contributed by atoms with Crippen LogP contribution in [0.1, 0.15) is 42.8 Å². The molecule has 1 aromatic carbocycles. The number of carbonyl (C=O) groups is 1. The van der Waals surface area contributed by atoms with Gasteiger partial charge in [0.05, 0.1) is 16.6 Å². The summed E-state index contributed by atoms with van der Waals surface area (Å²) in [7, 11) is 0. The minimum Gasteiger partial charge on any atom is -0.351 e. The fraction of sp³-hybridized carbons (Fsp3) is 0.300. The summed E-state index contributed by atoms with van der Waals surface area (Å²) in [5.74, 6) is 1.38. The number of amides is 1. The minimum atomic E-state index is -0.205. The van der Waals surface area contributed by atoms with Crippen LogP contribution in [0.15, 0.2) is 34.9 Å². The number of nitrogens with one attached hydrogen (secondary N) is 2. The molecule has 29 heavy (non-hydrogen) atoms. The highest BCUT2D eigenvalue weighted by atomic mass is 79.9. The van der Waals surface area contributed by atoms with Crippen LogP contribution in [0.3, 0.4) is 0 Å². The Bertz CT molecular complexity index is 1220. The highest BCUT2D eigenvalue weighted by Gasteiger charge is 2.23. The van der Waals surface area contributed by atoms with Crippen molar-refractivity contribution in [2.45, 2.75) is 32.6 Å². The summed E-state index contributed by atoms with van der Waals surface area (Å²) in [6, 6.07) is 7.27. The molecule has 0 atom stereocenters. The minimum absolute atomic E-state index is 0.196. The molecule has 0 spiro atoms. The number of H-pyrrole nitrogens is 1. The van der Waals surface area contributed by atoms with Crippen LogP contribution in [-0.2, 0) is 11.8 Å². The molecule has 0 aliphatic heterocycles. The number of fused-ring (bicyclic) bond motifs is 2. The molecule has 4 rings (SSSR count). The number of hydrogen-bond donors (Lipinski definition) is 2. The van der Waals surface area contributed by atoms with Gasteiger partial charge in [-0.25, -0.2) is 4.98 Å². The standard InChI is InChI=1S/C20H20BrClN6O/c1-20(2,3)19-27-26-17-13(8-11(21)10-28(17)19)18(29)23-7-6-16-24-14-5-4-12(22)9-15(14)25-16/h4-5,8-10H,6-7H2,1-3H3,(H,23,29)(H,24,25). The van der Waals surface area contributed by atoms with Gasteiger partial charge in [-0.2, -0.15) is 0 Å². The smallest absolute Gasteiger partial charge is 0.255 e. The molecule has 0 radical (unpaired) electrons. The summed E-state index contributed by atoms with van der Waals surface area (Å²) in [6.07, 6.45) is 2.45. The molecular weight excluding hydrogens is 456 g/mol. The quantitative estimate of drug-likeness (QED) is 0.461. The SMILES string of the molecule is CC(C)(C)c1nnc2c(C(=O)NCCc3nc4ccc(Cl)cc4[nH]3)cc(Br)cn12. The summed E-state index contributed by atoms with van der Waals surface area (Å²) >= 11 is 9.50. The van der Waals surface area contributed by atoms with Gasteiger partial charge in [0.25, 0.3) is 5.91 Å². The van der Waals surface area contributed by atoms with E-state index < -0.39 is 0 Å². The Morgan fingerprint density at radius 3 is 2.83 bits per heavy atom. The van der Waals surface area contributed by atoms with Crippen molar-refractivity contribution < 1.29 is 4.79 Å². The second-order valence-electron chi connectivity index (χ2n) is 7.89. The molecule has 2 N–H and O–H groups in total. The fourth-order valence-corrected chi connectivity index (χ4v) is 3.79. The van der Waals surface area contributed by atoms with Gasteiger partial charge in [-0.1, -0.05) is 32.4 Å². The lowest BCUT2D eigenvalue weighted by molar-refractivity contribution is 0.0955. The lowest BCUT2D eigenvalue weighted by Crippen LogP contribution is -2.26. The lowest BCUT2D eigenvalue weighted by Gasteiger charge is -2.16. The van der Waals surface area contributed by atoms with E-state index in [1.165, 1.54) is 0 Å². The van der Waals surface area contributed by atoms with Crippen LogP contribution < -0.4 is 5.32 Å². The number of carbonyl (C=O) groups excluding carboxylic acids is 1. The maximum absolute atomic E-state index is 12.8. The maximum atomic E-state index is 12.8. The molecule has 0 unspecified atom stereocenters. The molecule has 150 valence electrons. The van der Waals surface area contributed by atoms with E-state index in [1.807, 2.05) is 22.7 Å². The van der Waals surface area contributed by atoms with Crippen LogP contribution in [0.4, 0.5) is 0 Å². The number of halogens is 2. The molecular formula is C20H20BrClN6O. The van der Waals surface area contributed by atoms with Crippen molar-refractivity contribution in [1.82, 2.24) is 29.9 Å². The number of benzene rings is 1. The maximum Gasteiger partial charge on any atom is 0.255 e. The first kappa shape index (κ1) is 19.8. The molecule has 0 bridgehead atoms. The topological polar surface area (TPSA) is 88.0 Å². The van der Waals surface area contributed by atoms with E-state index in [9.17, 15) is 4.79 Å². The van der Waals surface area contributed by atoms with Crippen molar-refractivity contribution in [3.63, 3.8) is 0 Å². The Hall–Kier alpha value is -2.45. The van der Waals surface area contributed by atoms with E-state index in [0.29, 0.717) is 29.2 Å². The van der Waals surface area contributed by atoms with Crippen molar-refractivity contribution in [2.75, 3.05) is 6.54 Å². The molecule has 3 heterocycles. The first-order valence-electron chi connectivity index (χ1n) is 9.19. The average molecular weight is 476 g/mol. The Morgan fingerprint density at radius 1 is 1.28 bits per heavy atom. The normalized spacial score (nSPS) is 12.0. The number of nitrogens with zero attached hydrogens (tertiary/aromatic N) is 4. The largest absolute Gasteiger partial charge is 0.351 e. The second kappa shape index (κ2) is 7.42. The number of pyridine rings is 1. The van der Waals surface area contributed by atoms with Crippen LogP contribution in [-0.4, -0.2) is 37.0 Å². The van der Waals surface area contributed by atoms with Gasteiger partial charge in [-0.15, -0.1) is 10.2 Å². The third-order valence-electron chi connectivity index (χ3n) is 4.53. The lowest BCUT2D eigenvalue weighted by atomic mass is 9.96. The molecule has 0 saturated carbocycles. The number of aromatic amines is 1. The predicted octanol–water partition coefficient (Wildman–Crippen LogP) is 4.29.